The van der Waals surface area contributed by atoms with Crippen molar-refractivity contribution < 1.29 is 18.7 Å². The van der Waals surface area contributed by atoms with E-state index in [-0.39, 0.29) is 17.2 Å². The molecule has 5 nitrogen and oxygen atoms in total. The molecule has 1 aromatic heterocycles. The number of aromatic hydroxyl groups is 1. The first-order chi connectivity index (χ1) is 13.4. The van der Waals surface area contributed by atoms with Gasteiger partial charge >= 0.3 is 0 Å². The molecular formula is C22H17FN2O3. The number of phenolic OH excluding ortho intramolecular Hbond substituents is 1. The second-order valence-electron chi connectivity index (χ2n) is 6.62. The van der Waals surface area contributed by atoms with Gasteiger partial charge in [0.05, 0.1) is 5.56 Å². The Morgan fingerprint density at radius 3 is 2.64 bits per heavy atom. The fraction of sp³-hybridized carbons (Fsp3) is 0.0909. The smallest absolute Gasteiger partial charge is 0.255 e. The van der Waals surface area contributed by atoms with E-state index in [0.717, 1.165) is 17.2 Å². The lowest BCUT2D eigenvalue weighted by Crippen LogP contribution is -2.12. The van der Waals surface area contributed by atoms with Crippen molar-refractivity contribution in [2.45, 2.75) is 13.8 Å². The number of fused-ring (bicyclic) bond motifs is 1. The number of anilines is 1. The molecule has 1 amide bonds. The van der Waals surface area contributed by atoms with Crippen LogP contribution in [0.3, 0.4) is 0 Å². The number of phenols is 1. The van der Waals surface area contributed by atoms with Crippen molar-refractivity contribution >= 4 is 22.7 Å². The summed E-state index contributed by atoms with van der Waals surface area (Å²) in [5, 5.41) is 12.9. The molecule has 0 spiro atoms. The summed E-state index contributed by atoms with van der Waals surface area (Å²) in [6.45, 7) is 3.97. The lowest BCUT2D eigenvalue weighted by Gasteiger charge is -2.08. The van der Waals surface area contributed by atoms with Gasteiger partial charge < -0.3 is 14.8 Å². The Bertz CT molecular complexity index is 1170. The number of benzene rings is 3. The SMILES string of the molecule is Cc1cc2nc(-c3cc(NC(=O)c4cccc(F)c4)ccc3O)oc2cc1C. The summed E-state index contributed by atoms with van der Waals surface area (Å²) in [4.78, 5) is 16.8. The molecule has 4 aromatic rings. The Kier molecular flexibility index (Phi) is 4.31. The van der Waals surface area contributed by atoms with Crippen molar-refractivity contribution in [2.24, 2.45) is 0 Å². The zero-order valence-electron chi connectivity index (χ0n) is 15.3. The maximum Gasteiger partial charge on any atom is 0.255 e. The third-order valence-corrected chi connectivity index (χ3v) is 4.58. The van der Waals surface area contributed by atoms with Crippen molar-refractivity contribution in [3.05, 3.63) is 77.1 Å². The van der Waals surface area contributed by atoms with E-state index < -0.39 is 11.7 Å². The van der Waals surface area contributed by atoms with Crippen molar-refractivity contribution in [1.29, 1.82) is 0 Å². The number of oxazole rings is 1. The Balaban J connectivity index is 1.68. The number of aromatic nitrogens is 1. The highest BCUT2D eigenvalue weighted by molar-refractivity contribution is 6.04. The number of hydrogen-bond donors (Lipinski definition) is 2. The van der Waals surface area contributed by atoms with Gasteiger partial charge in [0, 0.05) is 11.3 Å². The van der Waals surface area contributed by atoms with Crippen LogP contribution in [0.4, 0.5) is 10.1 Å². The van der Waals surface area contributed by atoms with Crippen molar-refractivity contribution in [3.63, 3.8) is 0 Å². The van der Waals surface area contributed by atoms with Crippen molar-refractivity contribution in [3.8, 4) is 17.2 Å². The van der Waals surface area contributed by atoms with Crippen LogP contribution < -0.4 is 5.32 Å². The molecule has 0 aliphatic heterocycles. The number of amides is 1. The first-order valence-electron chi connectivity index (χ1n) is 8.69. The van der Waals surface area contributed by atoms with Crippen LogP contribution in [-0.4, -0.2) is 16.0 Å². The lowest BCUT2D eigenvalue weighted by atomic mass is 10.1. The summed E-state index contributed by atoms with van der Waals surface area (Å²) < 4.78 is 19.1. The molecular weight excluding hydrogens is 359 g/mol. The average Bonchev–Trinajstić information content (AvgIpc) is 3.06. The number of nitrogens with one attached hydrogen (secondary N) is 1. The van der Waals surface area contributed by atoms with E-state index in [4.69, 9.17) is 4.42 Å². The van der Waals surface area contributed by atoms with E-state index in [2.05, 4.69) is 10.3 Å². The molecule has 6 heteroatoms. The van der Waals surface area contributed by atoms with E-state index in [1.54, 1.807) is 12.1 Å². The third-order valence-electron chi connectivity index (χ3n) is 4.58. The van der Waals surface area contributed by atoms with Crippen LogP contribution in [0.15, 0.2) is 59.0 Å². The third kappa shape index (κ3) is 3.32. The minimum Gasteiger partial charge on any atom is -0.507 e. The zero-order chi connectivity index (χ0) is 19.8. The number of carbonyl (C=O) groups is 1. The topological polar surface area (TPSA) is 75.4 Å². The van der Waals surface area contributed by atoms with Gasteiger partial charge in [0.25, 0.3) is 5.91 Å². The maximum absolute atomic E-state index is 13.3. The molecule has 3 aromatic carbocycles. The van der Waals surface area contributed by atoms with Crippen LogP contribution in [0.1, 0.15) is 21.5 Å². The van der Waals surface area contributed by atoms with Gasteiger partial charge in [0.2, 0.25) is 5.89 Å². The number of aryl methyl sites for hydroxylation is 2. The first kappa shape index (κ1) is 17.7. The summed E-state index contributed by atoms with van der Waals surface area (Å²) in [6, 6.07) is 13.8. The molecule has 28 heavy (non-hydrogen) atoms. The highest BCUT2D eigenvalue weighted by Gasteiger charge is 2.15. The molecule has 0 radical (unpaired) electrons. The minimum atomic E-state index is -0.490. The number of hydrogen-bond acceptors (Lipinski definition) is 4. The zero-order valence-corrected chi connectivity index (χ0v) is 15.3. The second-order valence-corrected chi connectivity index (χ2v) is 6.62. The van der Waals surface area contributed by atoms with Gasteiger partial charge in [0.1, 0.15) is 17.1 Å². The summed E-state index contributed by atoms with van der Waals surface area (Å²) >= 11 is 0. The van der Waals surface area contributed by atoms with Crippen molar-refractivity contribution in [2.75, 3.05) is 5.32 Å². The maximum atomic E-state index is 13.3. The van der Waals surface area contributed by atoms with Gasteiger partial charge in [-0.1, -0.05) is 6.07 Å². The van der Waals surface area contributed by atoms with E-state index in [1.807, 2.05) is 26.0 Å². The van der Waals surface area contributed by atoms with Crippen LogP contribution in [0.25, 0.3) is 22.6 Å². The number of nitrogens with zero attached hydrogens (tertiary/aromatic N) is 1. The predicted molar refractivity (Wildman–Crippen MR) is 105 cm³/mol. The Morgan fingerprint density at radius 1 is 1.07 bits per heavy atom. The molecule has 0 aliphatic rings. The molecule has 0 unspecified atom stereocenters. The standard InChI is InChI=1S/C22H17FN2O3/c1-12-8-18-20(9-13(12)2)28-22(25-18)17-11-16(6-7-19(17)26)24-21(27)14-4-3-5-15(23)10-14/h3-11,26H,1-2H3,(H,24,27). The summed E-state index contributed by atoms with van der Waals surface area (Å²) in [5.74, 6) is -0.723. The number of carbonyl (C=O) groups excluding carboxylic acids is 1. The highest BCUT2D eigenvalue weighted by atomic mass is 19.1. The van der Waals surface area contributed by atoms with Crippen LogP contribution in [0, 0.1) is 19.7 Å². The molecule has 4 rings (SSSR count). The summed E-state index contributed by atoms with van der Waals surface area (Å²) in [5.41, 5.74) is 4.45. The van der Waals surface area contributed by atoms with Crippen LogP contribution in [0.5, 0.6) is 5.75 Å². The normalized spacial score (nSPS) is 11.0. The number of halogens is 1. The molecule has 0 atom stereocenters. The fourth-order valence-corrected chi connectivity index (χ4v) is 2.91. The quantitative estimate of drug-likeness (QED) is 0.481. The molecule has 0 aliphatic carbocycles. The molecule has 0 saturated carbocycles. The van der Waals surface area contributed by atoms with Crippen molar-refractivity contribution in [1.82, 2.24) is 4.98 Å². The fourth-order valence-electron chi connectivity index (χ4n) is 2.91. The molecule has 1 heterocycles. The molecule has 0 fully saturated rings. The van der Waals surface area contributed by atoms with Gasteiger partial charge in [-0.3, -0.25) is 4.79 Å². The Labute approximate surface area is 160 Å². The molecule has 0 saturated heterocycles. The van der Waals surface area contributed by atoms with Gasteiger partial charge in [-0.25, -0.2) is 9.37 Å². The van der Waals surface area contributed by atoms with Crippen LogP contribution in [0.2, 0.25) is 0 Å². The average molecular weight is 376 g/mol. The van der Waals surface area contributed by atoms with Gasteiger partial charge in [-0.05, 0) is 73.5 Å². The second kappa shape index (κ2) is 6.81. The molecule has 0 bridgehead atoms. The minimum absolute atomic E-state index is 0.0243. The van der Waals surface area contributed by atoms with Crippen LogP contribution in [-0.2, 0) is 0 Å². The number of rotatable bonds is 3. The van der Waals surface area contributed by atoms with Crippen LogP contribution >= 0.6 is 0 Å². The van der Waals surface area contributed by atoms with Gasteiger partial charge in [0.15, 0.2) is 5.58 Å². The Hall–Kier alpha value is -3.67. The Morgan fingerprint density at radius 2 is 1.86 bits per heavy atom. The van der Waals surface area contributed by atoms with E-state index >= 15 is 0 Å². The molecule has 2 N–H and O–H groups in total. The largest absolute Gasteiger partial charge is 0.507 e. The summed E-state index contributed by atoms with van der Waals surface area (Å²) in [6.07, 6.45) is 0. The molecule has 140 valence electrons. The lowest BCUT2D eigenvalue weighted by molar-refractivity contribution is 0.102. The predicted octanol–water partition coefficient (Wildman–Crippen LogP) is 5.21. The highest BCUT2D eigenvalue weighted by Crippen LogP contribution is 2.34. The summed E-state index contributed by atoms with van der Waals surface area (Å²) in [7, 11) is 0. The van der Waals surface area contributed by atoms with E-state index in [0.29, 0.717) is 22.4 Å². The van der Waals surface area contributed by atoms with E-state index in [1.165, 1.54) is 24.3 Å². The van der Waals surface area contributed by atoms with Gasteiger partial charge in [-0.2, -0.15) is 0 Å². The monoisotopic (exact) mass is 376 g/mol. The van der Waals surface area contributed by atoms with E-state index in [9.17, 15) is 14.3 Å². The van der Waals surface area contributed by atoms with Gasteiger partial charge in [-0.15, -0.1) is 0 Å². The first-order valence-corrected chi connectivity index (χ1v) is 8.69.